The van der Waals surface area contributed by atoms with Crippen LogP contribution in [0.4, 0.5) is 10.9 Å². The molecule has 0 spiro atoms. The van der Waals surface area contributed by atoms with E-state index in [1.165, 1.54) is 4.90 Å². The average Bonchev–Trinajstić information content (AvgIpc) is 3.47. The maximum Gasteiger partial charge on any atom is 0.188 e. The number of aryl methyl sites for hydroxylation is 1. The van der Waals surface area contributed by atoms with E-state index < -0.39 is 0 Å². The Morgan fingerprint density at radius 3 is 2.77 bits per heavy atom. The lowest BCUT2D eigenvalue weighted by Gasteiger charge is -2.09. The molecule has 0 radical (unpaired) electrons. The molecule has 0 aliphatic carbocycles. The summed E-state index contributed by atoms with van der Waals surface area (Å²) in [5.41, 5.74) is 5.17. The summed E-state index contributed by atoms with van der Waals surface area (Å²) < 4.78 is 3.81. The van der Waals surface area contributed by atoms with Crippen LogP contribution < -0.4 is 5.32 Å². The van der Waals surface area contributed by atoms with E-state index in [1.807, 2.05) is 25.5 Å². The molecule has 1 aromatic carbocycles. The Labute approximate surface area is 184 Å². The Kier molecular flexibility index (Phi) is 5.78. The number of hydrogen-bond donors (Lipinski definition) is 1. The smallest absolute Gasteiger partial charge is 0.188 e. The van der Waals surface area contributed by atoms with Crippen molar-refractivity contribution < 1.29 is 0 Å². The average molecular weight is 437 g/mol. The Bertz CT molecular complexity index is 1180. The topological polar surface area (TPSA) is 60.6 Å². The molecule has 0 saturated carbocycles. The van der Waals surface area contributed by atoms with Gasteiger partial charge in [-0.1, -0.05) is 26.5 Å². The lowest BCUT2D eigenvalue weighted by Crippen LogP contribution is -1.98. The van der Waals surface area contributed by atoms with Crippen LogP contribution in [0, 0.1) is 6.92 Å². The maximum atomic E-state index is 4.79. The number of aromatic nitrogens is 5. The molecule has 3 aromatic heterocycles. The summed E-state index contributed by atoms with van der Waals surface area (Å²) in [5, 5.41) is 10.8. The van der Waals surface area contributed by atoms with Crippen LogP contribution >= 0.6 is 23.1 Å². The standard InChI is InChI=1S/C22H24N6S2/c1-6-28-21(10-17(26-28)14(2)3)25-22-24-18(12-30-22)16-7-8-19(20(9-16)29-5)27-11-15(4)23-13-27/h6-14H,1H2,2-5H3,(H,24,25). The third-order valence-electron chi connectivity index (χ3n) is 4.72. The van der Waals surface area contributed by atoms with Crippen LogP contribution in [0.15, 0.2) is 53.6 Å². The first-order valence-corrected chi connectivity index (χ1v) is 11.7. The summed E-state index contributed by atoms with van der Waals surface area (Å²) in [7, 11) is 0. The Balaban J connectivity index is 1.60. The molecule has 1 N–H and O–H groups in total. The molecule has 0 unspecified atom stereocenters. The minimum atomic E-state index is 0.348. The van der Waals surface area contributed by atoms with Gasteiger partial charge < -0.3 is 9.88 Å². The molecule has 30 heavy (non-hydrogen) atoms. The fourth-order valence-corrected chi connectivity index (χ4v) is 4.46. The van der Waals surface area contributed by atoms with Crippen LogP contribution in [0.1, 0.15) is 31.2 Å². The molecule has 0 fully saturated rings. The molecule has 0 saturated heterocycles. The second kappa shape index (κ2) is 8.49. The number of hydrogen-bond acceptors (Lipinski definition) is 6. The Hall–Kier alpha value is -2.84. The maximum absolute atomic E-state index is 4.79. The van der Waals surface area contributed by atoms with E-state index in [1.54, 1.807) is 34.0 Å². The lowest BCUT2D eigenvalue weighted by atomic mass is 10.1. The predicted molar refractivity (Wildman–Crippen MR) is 127 cm³/mol. The van der Waals surface area contributed by atoms with Gasteiger partial charge in [0, 0.05) is 34.3 Å². The third kappa shape index (κ3) is 4.06. The molecule has 0 atom stereocenters. The first-order valence-electron chi connectivity index (χ1n) is 9.62. The van der Waals surface area contributed by atoms with E-state index in [0.717, 1.165) is 39.3 Å². The molecule has 4 rings (SSSR count). The van der Waals surface area contributed by atoms with Crippen molar-refractivity contribution in [2.45, 2.75) is 31.6 Å². The van der Waals surface area contributed by atoms with Crippen LogP contribution in [-0.4, -0.2) is 30.6 Å². The molecule has 4 aromatic rings. The van der Waals surface area contributed by atoms with E-state index >= 15 is 0 Å². The number of rotatable bonds is 7. The van der Waals surface area contributed by atoms with Crippen LogP contribution in [-0.2, 0) is 0 Å². The molecule has 0 aliphatic heterocycles. The van der Waals surface area contributed by atoms with E-state index in [9.17, 15) is 0 Å². The molecule has 154 valence electrons. The Morgan fingerprint density at radius 2 is 2.10 bits per heavy atom. The molecule has 0 bridgehead atoms. The van der Waals surface area contributed by atoms with Crippen molar-refractivity contribution in [1.29, 1.82) is 0 Å². The van der Waals surface area contributed by atoms with Gasteiger partial charge in [-0.05, 0) is 31.2 Å². The second-order valence-corrected chi connectivity index (χ2v) is 8.91. The van der Waals surface area contributed by atoms with Gasteiger partial charge in [0.2, 0.25) is 0 Å². The van der Waals surface area contributed by atoms with Gasteiger partial charge in [-0.2, -0.15) is 5.10 Å². The van der Waals surface area contributed by atoms with Crippen molar-refractivity contribution in [3.63, 3.8) is 0 Å². The molecule has 6 nitrogen and oxygen atoms in total. The number of anilines is 2. The highest BCUT2D eigenvalue weighted by molar-refractivity contribution is 7.98. The zero-order valence-electron chi connectivity index (χ0n) is 17.5. The summed E-state index contributed by atoms with van der Waals surface area (Å²) in [4.78, 5) is 10.3. The zero-order chi connectivity index (χ0) is 21.3. The molecule has 3 heterocycles. The van der Waals surface area contributed by atoms with Gasteiger partial charge in [0.15, 0.2) is 5.13 Å². The van der Waals surface area contributed by atoms with Crippen molar-refractivity contribution in [3.8, 4) is 16.9 Å². The number of thioether (sulfide) groups is 1. The van der Waals surface area contributed by atoms with Crippen molar-refractivity contribution in [2.24, 2.45) is 0 Å². The lowest BCUT2D eigenvalue weighted by molar-refractivity contribution is 0.785. The molecular formula is C22H24N6S2. The fourth-order valence-electron chi connectivity index (χ4n) is 3.10. The molecule has 0 aliphatic rings. The van der Waals surface area contributed by atoms with Crippen molar-refractivity contribution in [3.05, 3.63) is 60.1 Å². The quantitative estimate of drug-likeness (QED) is 0.350. The van der Waals surface area contributed by atoms with Gasteiger partial charge in [-0.3, -0.25) is 0 Å². The van der Waals surface area contributed by atoms with Gasteiger partial charge in [0.1, 0.15) is 5.82 Å². The molecule has 8 heteroatoms. The predicted octanol–water partition coefficient (Wildman–Crippen LogP) is 6.19. The van der Waals surface area contributed by atoms with Crippen LogP contribution in [0.2, 0.25) is 0 Å². The number of benzene rings is 1. The fraction of sp³-hybridized carbons (Fsp3) is 0.227. The monoisotopic (exact) mass is 436 g/mol. The summed E-state index contributed by atoms with van der Waals surface area (Å²) in [5.74, 6) is 1.21. The molecular weight excluding hydrogens is 412 g/mol. The van der Waals surface area contributed by atoms with E-state index in [0.29, 0.717) is 5.92 Å². The normalized spacial score (nSPS) is 11.2. The van der Waals surface area contributed by atoms with E-state index in [-0.39, 0.29) is 0 Å². The summed E-state index contributed by atoms with van der Waals surface area (Å²) >= 11 is 3.29. The van der Waals surface area contributed by atoms with E-state index in [2.05, 4.69) is 70.2 Å². The Morgan fingerprint density at radius 1 is 1.27 bits per heavy atom. The summed E-state index contributed by atoms with van der Waals surface area (Å²) in [6.45, 7) is 10.1. The second-order valence-electron chi connectivity index (χ2n) is 7.21. The minimum Gasteiger partial charge on any atom is -0.316 e. The first kappa shape index (κ1) is 20.4. The summed E-state index contributed by atoms with van der Waals surface area (Å²) in [6.07, 6.45) is 7.67. The molecule has 0 amide bonds. The number of nitrogens with zero attached hydrogens (tertiary/aromatic N) is 5. The SMILES string of the molecule is C=Cn1nc(C(C)C)cc1Nc1nc(-c2ccc(-n3cnc(C)c3)c(SC)c2)cs1. The van der Waals surface area contributed by atoms with Crippen molar-refractivity contribution in [2.75, 3.05) is 11.6 Å². The van der Waals surface area contributed by atoms with Crippen molar-refractivity contribution >= 4 is 40.2 Å². The largest absolute Gasteiger partial charge is 0.316 e. The van der Waals surface area contributed by atoms with Crippen molar-refractivity contribution in [1.82, 2.24) is 24.3 Å². The van der Waals surface area contributed by atoms with Gasteiger partial charge >= 0.3 is 0 Å². The highest BCUT2D eigenvalue weighted by atomic mass is 32.2. The van der Waals surface area contributed by atoms with Crippen LogP contribution in [0.25, 0.3) is 23.1 Å². The van der Waals surface area contributed by atoms with E-state index in [4.69, 9.17) is 4.98 Å². The van der Waals surface area contributed by atoms with Crippen LogP contribution in [0.5, 0.6) is 0 Å². The highest BCUT2D eigenvalue weighted by Crippen LogP contribution is 2.33. The van der Waals surface area contributed by atoms with Gasteiger partial charge in [0.25, 0.3) is 0 Å². The van der Waals surface area contributed by atoms with Gasteiger partial charge in [-0.15, -0.1) is 23.1 Å². The third-order valence-corrected chi connectivity index (χ3v) is 6.25. The zero-order valence-corrected chi connectivity index (χ0v) is 19.1. The number of imidazole rings is 1. The van der Waals surface area contributed by atoms with Crippen LogP contribution in [0.3, 0.4) is 0 Å². The number of nitrogens with one attached hydrogen (secondary N) is 1. The van der Waals surface area contributed by atoms with Gasteiger partial charge in [-0.25, -0.2) is 14.6 Å². The first-order chi connectivity index (χ1) is 14.5. The number of thiazole rings is 1. The van der Waals surface area contributed by atoms with Gasteiger partial charge in [0.05, 0.1) is 29.1 Å². The highest BCUT2D eigenvalue weighted by Gasteiger charge is 2.13. The summed E-state index contributed by atoms with van der Waals surface area (Å²) in [6, 6.07) is 8.45. The minimum absolute atomic E-state index is 0.348.